The molecule has 2 rings (SSSR count). The summed E-state index contributed by atoms with van der Waals surface area (Å²) in [7, 11) is 2.85. The quantitative estimate of drug-likeness (QED) is 0.843. The number of aryl methyl sites for hydroxylation is 1. The number of methoxy groups -OCH3 is 1. The number of hydrogen-bond acceptors (Lipinski definition) is 5. The third-order valence-electron chi connectivity index (χ3n) is 2.86. The normalized spacial score (nSPS) is 10.5. The number of benzene rings is 1. The maximum absolute atomic E-state index is 11.6. The number of anilines is 1. The van der Waals surface area contributed by atoms with E-state index in [1.807, 2.05) is 0 Å². The maximum Gasteiger partial charge on any atom is 0.419 e. The zero-order valence-electron chi connectivity index (χ0n) is 11.1. The summed E-state index contributed by atoms with van der Waals surface area (Å²) < 4.78 is 10.8. The van der Waals surface area contributed by atoms with Gasteiger partial charge in [-0.1, -0.05) is 0 Å². The molecule has 7 heteroatoms. The molecule has 7 nitrogen and oxygen atoms in total. The number of esters is 1. The highest BCUT2D eigenvalue weighted by atomic mass is 16.5. The number of hydrogen-bond donors (Lipinski definition) is 1. The summed E-state index contributed by atoms with van der Waals surface area (Å²) in [6.07, 6.45) is 0.0593. The van der Waals surface area contributed by atoms with Gasteiger partial charge in [-0.15, -0.1) is 0 Å². The topological polar surface area (TPSA) is 90.5 Å². The molecule has 0 bridgehead atoms. The highest BCUT2D eigenvalue weighted by Gasteiger charge is 2.10. The maximum atomic E-state index is 11.6. The lowest BCUT2D eigenvalue weighted by molar-refractivity contribution is -0.141. The van der Waals surface area contributed by atoms with Gasteiger partial charge in [0.2, 0.25) is 5.91 Å². The Morgan fingerprint density at radius 3 is 2.80 bits per heavy atom. The number of nitrogens with zero attached hydrogens (tertiary/aromatic N) is 1. The average Bonchev–Trinajstić information content (AvgIpc) is 2.72. The molecule has 0 atom stereocenters. The molecule has 0 unspecified atom stereocenters. The second-order valence-electron chi connectivity index (χ2n) is 4.23. The van der Waals surface area contributed by atoms with Crippen molar-refractivity contribution in [1.82, 2.24) is 4.57 Å². The third-order valence-corrected chi connectivity index (χ3v) is 2.86. The molecular formula is C13H14N2O5. The van der Waals surface area contributed by atoms with Crippen LogP contribution in [0.3, 0.4) is 0 Å². The summed E-state index contributed by atoms with van der Waals surface area (Å²) in [5.74, 6) is -1.20. The number of amides is 1. The molecule has 2 aromatic rings. The van der Waals surface area contributed by atoms with Crippen LogP contribution in [0, 0.1) is 0 Å². The number of oxazole rings is 1. The van der Waals surface area contributed by atoms with Crippen molar-refractivity contribution in [3.8, 4) is 0 Å². The Morgan fingerprint density at radius 1 is 1.35 bits per heavy atom. The van der Waals surface area contributed by atoms with Gasteiger partial charge >= 0.3 is 11.7 Å². The van der Waals surface area contributed by atoms with Gasteiger partial charge in [0.25, 0.3) is 0 Å². The number of aromatic nitrogens is 1. The number of ether oxygens (including phenoxy) is 1. The fourth-order valence-electron chi connectivity index (χ4n) is 1.75. The zero-order valence-corrected chi connectivity index (χ0v) is 11.1. The van der Waals surface area contributed by atoms with E-state index >= 15 is 0 Å². The van der Waals surface area contributed by atoms with Crippen LogP contribution in [-0.4, -0.2) is 23.6 Å². The Balaban J connectivity index is 2.10. The molecule has 0 aliphatic carbocycles. The van der Waals surface area contributed by atoms with Crippen molar-refractivity contribution in [2.75, 3.05) is 12.4 Å². The predicted molar refractivity (Wildman–Crippen MR) is 71.3 cm³/mol. The van der Waals surface area contributed by atoms with E-state index in [-0.39, 0.29) is 18.7 Å². The summed E-state index contributed by atoms with van der Waals surface area (Å²) >= 11 is 0. The SMILES string of the molecule is COC(=O)CCC(=O)Nc1ccc2oc(=O)n(C)c2c1. The molecule has 106 valence electrons. The Kier molecular flexibility index (Phi) is 3.88. The lowest BCUT2D eigenvalue weighted by atomic mass is 10.2. The number of rotatable bonds is 4. The van der Waals surface area contributed by atoms with Crippen LogP contribution in [0.2, 0.25) is 0 Å². The van der Waals surface area contributed by atoms with Gasteiger partial charge in [0.1, 0.15) is 0 Å². The predicted octanol–water partition coefficient (Wildman–Crippen LogP) is 1.02. The second-order valence-corrected chi connectivity index (χ2v) is 4.23. The Morgan fingerprint density at radius 2 is 2.10 bits per heavy atom. The molecule has 0 aliphatic heterocycles. The van der Waals surface area contributed by atoms with Gasteiger partial charge in [0.05, 0.1) is 19.0 Å². The highest BCUT2D eigenvalue weighted by Crippen LogP contribution is 2.18. The molecule has 1 aromatic carbocycles. The van der Waals surface area contributed by atoms with Crippen LogP contribution in [0.25, 0.3) is 11.1 Å². The minimum atomic E-state index is -0.464. The molecule has 0 saturated carbocycles. The smallest absolute Gasteiger partial charge is 0.419 e. The van der Waals surface area contributed by atoms with Gasteiger partial charge in [-0.2, -0.15) is 0 Å². The minimum Gasteiger partial charge on any atom is -0.469 e. The fourth-order valence-corrected chi connectivity index (χ4v) is 1.75. The molecule has 20 heavy (non-hydrogen) atoms. The lowest BCUT2D eigenvalue weighted by Gasteiger charge is -2.04. The molecule has 0 fully saturated rings. The summed E-state index contributed by atoms with van der Waals surface area (Å²) in [4.78, 5) is 33.9. The molecule has 1 aromatic heterocycles. The van der Waals surface area contributed by atoms with E-state index in [2.05, 4.69) is 10.1 Å². The van der Waals surface area contributed by atoms with Crippen LogP contribution in [0.1, 0.15) is 12.8 Å². The van der Waals surface area contributed by atoms with E-state index in [1.54, 1.807) is 25.2 Å². The minimum absolute atomic E-state index is 0.0226. The molecule has 1 heterocycles. The first kappa shape index (κ1) is 13.9. The molecule has 1 amide bonds. The monoisotopic (exact) mass is 278 g/mol. The highest BCUT2D eigenvalue weighted by molar-refractivity contribution is 5.94. The van der Waals surface area contributed by atoms with Crippen LogP contribution < -0.4 is 11.1 Å². The number of carbonyl (C=O) groups is 2. The molecular weight excluding hydrogens is 264 g/mol. The number of fused-ring (bicyclic) bond motifs is 1. The van der Waals surface area contributed by atoms with Crippen molar-refractivity contribution in [3.63, 3.8) is 0 Å². The van der Waals surface area contributed by atoms with Gasteiger partial charge in [-0.3, -0.25) is 14.2 Å². The summed E-state index contributed by atoms with van der Waals surface area (Å²) in [5, 5.41) is 2.65. The number of nitrogens with one attached hydrogen (secondary N) is 1. The van der Waals surface area contributed by atoms with E-state index in [0.717, 1.165) is 0 Å². The number of carbonyl (C=O) groups excluding carboxylic acids is 2. The van der Waals surface area contributed by atoms with Crippen molar-refractivity contribution in [3.05, 3.63) is 28.7 Å². The Labute approximate surface area is 114 Å². The van der Waals surface area contributed by atoms with Crippen molar-refractivity contribution >= 4 is 28.7 Å². The zero-order chi connectivity index (χ0) is 14.7. The molecule has 0 saturated heterocycles. The van der Waals surface area contributed by atoms with Crippen LogP contribution in [0.4, 0.5) is 5.69 Å². The summed E-state index contributed by atoms with van der Waals surface area (Å²) in [6, 6.07) is 4.87. The largest absolute Gasteiger partial charge is 0.469 e. The van der Waals surface area contributed by atoms with E-state index in [1.165, 1.54) is 11.7 Å². The Hall–Kier alpha value is -2.57. The van der Waals surface area contributed by atoms with Gasteiger partial charge in [0, 0.05) is 19.2 Å². The van der Waals surface area contributed by atoms with Crippen molar-refractivity contribution in [2.24, 2.45) is 7.05 Å². The van der Waals surface area contributed by atoms with Gasteiger partial charge in [-0.05, 0) is 18.2 Å². The molecule has 0 spiro atoms. The van der Waals surface area contributed by atoms with Gasteiger partial charge < -0.3 is 14.5 Å². The third kappa shape index (κ3) is 2.87. The van der Waals surface area contributed by atoms with E-state index < -0.39 is 11.7 Å². The lowest BCUT2D eigenvalue weighted by Crippen LogP contribution is -2.14. The molecule has 1 N–H and O–H groups in total. The van der Waals surface area contributed by atoms with Gasteiger partial charge in [0.15, 0.2) is 5.58 Å². The first-order valence-electron chi connectivity index (χ1n) is 5.97. The van der Waals surface area contributed by atoms with E-state index in [9.17, 15) is 14.4 Å². The first-order chi connectivity index (χ1) is 9.51. The summed E-state index contributed by atoms with van der Waals surface area (Å²) in [5.41, 5.74) is 1.56. The standard InChI is InChI=1S/C13H14N2O5/c1-15-9-7-8(3-4-10(9)20-13(15)18)14-11(16)5-6-12(17)19-2/h3-4,7H,5-6H2,1-2H3,(H,14,16). The second kappa shape index (κ2) is 5.60. The van der Waals surface area contributed by atoms with Crippen LogP contribution in [0.15, 0.2) is 27.4 Å². The van der Waals surface area contributed by atoms with Crippen molar-refractivity contribution < 1.29 is 18.7 Å². The molecule has 0 aliphatic rings. The van der Waals surface area contributed by atoms with Crippen molar-refractivity contribution in [2.45, 2.75) is 12.8 Å². The van der Waals surface area contributed by atoms with E-state index in [0.29, 0.717) is 16.8 Å². The molecule has 0 radical (unpaired) electrons. The average molecular weight is 278 g/mol. The van der Waals surface area contributed by atoms with E-state index in [4.69, 9.17) is 4.42 Å². The Bertz CT molecular complexity index is 713. The van der Waals surface area contributed by atoms with Crippen LogP contribution in [-0.2, 0) is 21.4 Å². The van der Waals surface area contributed by atoms with Crippen LogP contribution >= 0.6 is 0 Å². The van der Waals surface area contributed by atoms with Crippen molar-refractivity contribution in [1.29, 1.82) is 0 Å². The van der Waals surface area contributed by atoms with Crippen LogP contribution in [0.5, 0.6) is 0 Å². The summed E-state index contributed by atoms with van der Waals surface area (Å²) in [6.45, 7) is 0. The first-order valence-corrected chi connectivity index (χ1v) is 5.97. The van der Waals surface area contributed by atoms with Gasteiger partial charge in [-0.25, -0.2) is 4.79 Å². The fraction of sp³-hybridized carbons (Fsp3) is 0.308.